The van der Waals surface area contributed by atoms with Crippen molar-refractivity contribution in [2.75, 3.05) is 19.1 Å². The first-order valence-electron chi connectivity index (χ1n) is 6.81. The number of ether oxygens (including phenoxy) is 1. The first-order valence-corrected chi connectivity index (χ1v) is 7.35. The van der Waals surface area contributed by atoms with Crippen molar-refractivity contribution in [2.45, 2.75) is 33.6 Å². The molecule has 1 aromatic carbocycles. The first-order chi connectivity index (χ1) is 8.63. The maximum absolute atomic E-state index is 6.06. The Balaban J connectivity index is 2.36. The van der Waals surface area contributed by atoms with Crippen LogP contribution in [0.4, 0.5) is 0 Å². The number of hydrogen-bond donors (Lipinski definition) is 0. The molecule has 1 unspecified atom stereocenters. The van der Waals surface area contributed by atoms with Crippen molar-refractivity contribution in [3.63, 3.8) is 0 Å². The molecule has 0 spiro atoms. The van der Waals surface area contributed by atoms with Gasteiger partial charge in [0.2, 0.25) is 0 Å². The lowest BCUT2D eigenvalue weighted by Gasteiger charge is -2.16. The van der Waals surface area contributed by atoms with Gasteiger partial charge in [0.1, 0.15) is 0 Å². The lowest BCUT2D eigenvalue weighted by Crippen LogP contribution is -2.12. The van der Waals surface area contributed by atoms with Crippen LogP contribution in [0.25, 0.3) is 0 Å². The normalized spacial score (nSPS) is 12.9. The van der Waals surface area contributed by atoms with Gasteiger partial charge in [-0.1, -0.05) is 38.1 Å². The van der Waals surface area contributed by atoms with Gasteiger partial charge in [0, 0.05) is 19.1 Å². The smallest absolute Gasteiger partial charge is 0.0488 e. The summed E-state index contributed by atoms with van der Waals surface area (Å²) in [5.74, 6) is 1.83. The number of benzene rings is 1. The van der Waals surface area contributed by atoms with E-state index in [1.54, 1.807) is 0 Å². The molecule has 1 nitrogen and oxygen atoms in total. The standard InChI is InChI=1S/C16H25ClO/c1-13(2)12-18-9-8-15(11-17)10-16-7-5-4-6-14(16)3/h4-7,13,15H,8-12H2,1-3H3. The van der Waals surface area contributed by atoms with Gasteiger partial charge in [0.05, 0.1) is 0 Å². The number of halogens is 1. The van der Waals surface area contributed by atoms with Gasteiger partial charge in [-0.2, -0.15) is 0 Å². The third-order valence-electron chi connectivity index (χ3n) is 3.11. The number of hydrogen-bond acceptors (Lipinski definition) is 1. The van der Waals surface area contributed by atoms with E-state index in [1.807, 2.05) is 0 Å². The van der Waals surface area contributed by atoms with E-state index >= 15 is 0 Å². The van der Waals surface area contributed by atoms with Crippen LogP contribution in [0.5, 0.6) is 0 Å². The summed E-state index contributed by atoms with van der Waals surface area (Å²) in [6.07, 6.45) is 2.10. The topological polar surface area (TPSA) is 9.23 Å². The minimum absolute atomic E-state index is 0.514. The summed E-state index contributed by atoms with van der Waals surface area (Å²) < 4.78 is 5.64. The Kier molecular flexibility index (Phi) is 7.38. The molecule has 0 saturated heterocycles. The number of rotatable bonds is 8. The third kappa shape index (κ3) is 5.88. The Morgan fingerprint density at radius 2 is 1.94 bits per heavy atom. The molecule has 1 atom stereocenters. The van der Waals surface area contributed by atoms with Crippen LogP contribution in [-0.2, 0) is 11.2 Å². The molecule has 0 aromatic heterocycles. The van der Waals surface area contributed by atoms with Crippen LogP contribution < -0.4 is 0 Å². The summed E-state index contributed by atoms with van der Waals surface area (Å²) in [6, 6.07) is 8.54. The molecule has 1 aromatic rings. The van der Waals surface area contributed by atoms with E-state index in [0.29, 0.717) is 17.7 Å². The van der Waals surface area contributed by atoms with Gasteiger partial charge in [-0.15, -0.1) is 11.6 Å². The van der Waals surface area contributed by atoms with Crippen molar-refractivity contribution >= 4 is 11.6 Å². The molecule has 0 aliphatic carbocycles. The van der Waals surface area contributed by atoms with Gasteiger partial charge in [-0.05, 0) is 42.7 Å². The maximum atomic E-state index is 6.06. The van der Waals surface area contributed by atoms with Crippen molar-refractivity contribution in [2.24, 2.45) is 11.8 Å². The molecule has 0 aliphatic rings. The highest BCUT2D eigenvalue weighted by atomic mass is 35.5. The predicted molar refractivity (Wildman–Crippen MR) is 79.4 cm³/mol. The summed E-state index contributed by atoms with van der Waals surface area (Å²) >= 11 is 6.06. The average molecular weight is 269 g/mol. The maximum Gasteiger partial charge on any atom is 0.0488 e. The molecule has 0 saturated carbocycles. The van der Waals surface area contributed by atoms with E-state index in [-0.39, 0.29) is 0 Å². The van der Waals surface area contributed by atoms with Gasteiger partial charge < -0.3 is 4.74 Å². The second-order valence-corrected chi connectivity index (χ2v) is 5.72. The van der Waals surface area contributed by atoms with E-state index in [9.17, 15) is 0 Å². The molecule has 0 aliphatic heterocycles. The quantitative estimate of drug-likeness (QED) is 0.500. The molecule has 0 heterocycles. The van der Waals surface area contributed by atoms with Crippen LogP contribution in [0.1, 0.15) is 31.4 Å². The van der Waals surface area contributed by atoms with Gasteiger partial charge in [0.15, 0.2) is 0 Å². The first kappa shape index (κ1) is 15.5. The van der Waals surface area contributed by atoms with Gasteiger partial charge in [0.25, 0.3) is 0 Å². The van der Waals surface area contributed by atoms with Gasteiger partial charge in [-0.25, -0.2) is 0 Å². The van der Waals surface area contributed by atoms with E-state index in [2.05, 4.69) is 45.0 Å². The van der Waals surface area contributed by atoms with E-state index in [0.717, 1.165) is 26.1 Å². The molecule has 0 radical (unpaired) electrons. The molecule has 18 heavy (non-hydrogen) atoms. The van der Waals surface area contributed by atoms with Crippen LogP contribution in [0.15, 0.2) is 24.3 Å². The zero-order valence-corrected chi connectivity index (χ0v) is 12.5. The fourth-order valence-electron chi connectivity index (χ4n) is 1.95. The van der Waals surface area contributed by atoms with Gasteiger partial charge >= 0.3 is 0 Å². The molecule has 0 amide bonds. The highest BCUT2D eigenvalue weighted by Crippen LogP contribution is 2.17. The largest absolute Gasteiger partial charge is 0.381 e. The Morgan fingerprint density at radius 1 is 1.22 bits per heavy atom. The fraction of sp³-hybridized carbons (Fsp3) is 0.625. The monoisotopic (exact) mass is 268 g/mol. The Morgan fingerprint density at radius 3 is 2.56 bits per heavy atom. The molecule has 0 N–H and O–H groups in total. The van der Waals surface area contributed by atoms with Crippen LogP contribution >= 0.6 is 11.6 Å². The van der Waals surface area contributed by atoms with E-state index in [4.69, 9.17) is 16.3 Å². The van der Waals surface area contributed by atoms with Crippen molar-refractivity contribution in [3.8, 4) is 0 Å². The zero-order valence-electron chi connectivity index (χ0n) is 11.8. The van der Waals surface area contributed by atoms with Crippen molar-refractivity contribution in [1.82, 2.24) is 0 Å². The summed E-state index contributed by atoms with van der Waals surface area (Å²) in [7, 11) is 0. The molecule has 0 bridgehead atoms. The SMILES string of the molecule is Cc1ccccc1CC(CCl)CCOCC(C)C. The molecular formula is C16H25ClO. The summed E-state index contributed by atoms with van der Waals surface area (Å²) in [4.78, 5) is 0. The number of aryl methyl sites for hydroxylation is 1. The van der Waals surface area contributed by atoms with Crippen molar-refractivity contribution in [1.29, 1.82) is 0 Å². The third-order valence-corrected chi connectivity index (χ3v) is 3.55. The van der Waals surface area contributed by atoms with Crippen LogP contribution in [0, 0.1) is 18.8 Å². The molecule has 1 rings (SSSR count). The second-order valence-electron chi connectivity index (χ2n) is 5.41. The Hall–Kier alpha value is -0.530. The Bertz CT molecular complexity index is 336. The van der Waals surface area contributed by atoms with E-state index < -0.39 is 0 Å². The molecule has 0 fully saturated rings. The fourth-order valence-corrected chi connectivity index (χ4v) is 2.22. The summed E-state index contributed by atoms with van der Waals surface area (Å²) in [5.41, 5.74) is 2.77. The van der Waals surface area contributed by atoms with Crippen LogP contribution in [0.2, 0.25) is 0 Å². The van der Waals surface area contributed by atoms with Gasteiger partial charge in [-0.3, -0.25) is 0 Å². The lowest BCUT2D eigenvalue weighted by atomic mass is 9.95. The van der Waals surface area contributed by atoms with Crippen molar-refractivity contribution < 1.29 is 4.74 Å². The average Bonchev–Trinajstić information content (AvgIpc) is 2.35. The summed E-state index contributed by atoms with van der Waals surface area (Å²) in [5, 5.41) is 0. The minimum Gasteiger partial charge on any atom is -0.381 e. The number of alkyl halides is 1. The highest BCUT2D eigenvalue weighted by Gasteiger charge is 2.10. The lowest BCUT2D eigenvalue weighted by molar-refractivity contribution is 0.0996. The highest BCUT2D eigenvalue weighted by molar-refractivity contribution is 6.18. The van der Waals surface area contributed by atoms with Crippen molar-refractivity contribution in [3.05, 3.63) is 35.4 Å². The van der Waals surface area contributed by atoms with Crippen LogP contribution in [-0.4, -0.2) is 19.1 Å². The minimum atomic E-state index is 0.514. The Labute approximate surface area is 116 Å². The summed E-state index contributed by atoms with van der Waals surface area (Å²) in [6.45, 7) is 8.18. The predicted octanol–water partition coefficient (Wildman–Crippen LogP) is 4.46. The van der Waals surface area contributed by atoms with Crippen LogP contribution in [0.3, 0.4) is 0 Å². The molecule has 2 heteroatoms. The molecular weight excluding hydrogens is 244 g/mol. The van der Waals surface area contributed by atoms with E-state index in [1.165, 1.54) is 11.1 Å². The second kappa shape index (κ2) is 8.55. The molecule has 102 valence electrons. The zero-order chi connectivity index (χ0) is 13.4.